The number of halogens is 1. The van der Waals surface area contributed by atoms with Crippen LogP contribution < -0.4 is 9.84 Å². The minimum atomic E-state index is -2.31. The number of ether oxygens (including phenoxy) is 5. The van der Waals surface area contributed by atoms with E-state index < -0.39 is 60.5 Å². The molecule has 0 amide bonds. The number of aliphatic hydroxyl groups is 1. The summed E-state index contributed by atoms with van der Waals surface area (Å²) in [5, 5.41) is 23.2. The Morgan fingerprint density at radius 2 is 1.65 bits per heavy atom. The van der Waals surface area contributed by atoms with Crippen LogP contribution in [0, 0.1) is 0 Å². The molecule has 11 nitrogen and oxygen atoms in total. The van der Waals surface area contributed by atoms with Gasteiger partial charge in [-0.2, -0.15) is 0 Å². The summed E-state index contributed by atoms with van der Waals surface area (Å²) in [6.07, 6.45) is -7.61. The minimum Gasteiger partial charge on any atom is -0.550 e. The van der Waals surface area contributed by atoms with Crippen LogP contribution in [-0.2, 0) is 44.5 Å². The first kappa shape index (κ1) is 30.9. The van der Waals surface area contributed by atoms with E-state index in [1.165, 1.54) is 12.1 Å². The smallest absolute Gasteiger partial charge is 0.303 e. The van der Waals surface area contributed by atoms with Crippen LogP contribution in [-0.4, -0.2) is 59.7 Å². The Morgan fingerprint density at radius 1 is 1.00 bits per heavy atom. The van der Waals surface area contributed by atoms with E-state index in [0.717, 1.165) is 26.3 Å². The third kappa shape index (κ3) is 7.29. The second-order valence-electron chi connectivity index (χ2n) is 9.21. The average molecular weight is 578 g/mol. The largest absolute Gasteiger partial charge is 0.550 e. The summed E-state index contributed by atoms with van der Waals surface area (Å²) in [6.45, 7) is 5.46. The monoisotopic (exact) mass is 577 g/mol. The second-order valence-corrected chi connectivity index (χ2v) is 9.62. The highest BCUT2D eigenvalue weighted by atomic mass is 35.5. The van der Waals surface area contributed by atoms with Gasteiger partial charge in [-0.1, -0.05) is 35.9 Å². The minimum absolute atomic E-state index is 0.241. The first-order valence-electron chi connectivity index (χ1n) is 12.4. The van der Waals surface area contributed by atoms with E-state index in [1.807, 2.05) is 31.2 Å². The van der Waals surface area contributed by atoms with Crippen molar-refractivity contribution in [3.05, 3.63) is 64.2 Å². The summed E-state index contributed by atoms with van der Waals surface area (Å²) in [6, 6.07) is 12.0. The van der Waals surface area contributed by atoms with E-state index in [9.17, 15) is 29.4 Å². The second kappa shape index (κ2) is 13.1. The quantitative estimate of drug-likeness (QED) is 0.325. The van der Waals surface area contributed by atoms with Gasteiger partial charge in [0.1, 0.15) is 11.9 Å². The first-order valence-corrected chi connectivity index (χ1v) is 12.8. The van der Waals surface area contributed by atoms with Crippen molar-refractivity contribution in [1.82, 2.24) is 0 Å². The molecule has 0 radical (unpaired) electrons. The van der Waals surface area contributed by atoms with Gasteiger partial charge in [-0.3, -0.25) is 14.4 Å². The molecule has 2 aromatic carbocycles. The van der Waals surface area contributed by atoms with Gasteiger partial charge < -0.3 is 38.7 Å². The van der Waals surface area contributed by atoms with Gasteiger partial charge in [-0.05, 0) is 48.2 Å². The molecular weight excluding hydrogens is 548 g/mol. The number of carboxylic acid groups (broad SMARTS) is 1. The first-order chi connectivity index (χ1) is 18.9. The molecule has 0 aliphatic carbocycles. The van der Waals surface area contributed by atoms with Gasteiger partial charge in [-0.25, -0.2) is 0 Å². The van der Waals surface area contributed by atoms with Crippen molar-refractivity contribution in [3.8, 4) is 5.75 Å². The molecule has 1 unspecified atom stereocenters. The van der Waals surface area contributed by atoms with Crippen LogP contribution >= 0.6 is 11.6 Å². The molecule has 5 atom stereocenters. The van der Waals surface area contributed by atoms with Gasteiger partial charge in [0.25, 0.3) is 0 Å². The average Bonchev–Trinajstić information content (AvgIpc) is 2.85. The number of benzene rings is 2. The van der Waals surface area contributed by atoms with Crippen molar-refractivity contribution in [1.29, 1.82) is 0 Å². The van der Waals surface area contributed by atoms with Crippen molar-refractivity contribution in [3.63, 3.8) is 0 Å². The molecule has 0 spiro atoms. The van der Waals surface area contributed by atoms with Crippen molar-refractivity contribution in [2.45, 2.75) is 70.7 Å². The molecule has 3 rings (SSSR count). The van der Waals surface area contributed by atoms with Crippen molar-refractivity contribution in [2.24, 2.45) is 0 Å². The molecule has 1 aliphatic heterocycles. The van der Waals surface area contributed by atoms with Crippen LogP contribution in [0.4, 0.5) is 0 Å². The van der Waals surface area contributed by atoms with Crippen LogP contribution in [0.3, 0.4) is 0 Å². The zero-order chi connectivity index (χ0) is 29.6. The summed E-state index contributed by atoms with van der Waals surface area (Å²) in [4.78, 5) is 48.3. The van der Waals surface area contributed by atoms with Crippen LogP contribution in [0.2, 0.25) is 5.02 Å². The fourth-order valence-corrected chi connectivity index (χ4v) is 4.93. The lowest BCUT2D eigenvalue weighted by Crippen LogP contribution is -2.67. The van der Waals surface area contributed by atoms with Gasteiger partial charge in [0.15, 0.2) is 24.1 Å². The van der Waals surface area contributed by atoms with E-state index in [0.29, 0.717) is 29.4 Å². The van der Waals surface area contributed by atoms with Crippen LogP contribution in [0.15, 0.2) is 42.5 Å². The molecule has 12 heteroatoms. The van der Waals surface area contributed by atoms with Crippen molar-refractivity contribution in [2.75, 3.05) is 6.61 Å². The molecule has 216 valence electrons. The Labute approximate surface area is 235 Å². The Kier molecular flexibility index (Phi) is 10.1. The Balaban J connectivity index is 2.14. The highest BCUT2D eigenvalue weighted by molar-refractivity contribution is 6.31. The van der Waals surface area contributed by atoms with Gasteiger partial charge >= 0.3 is 17.9 Å². The highest BCUT2D eigenvalue weighted by Crippen LogP contribution is 2.47. The number of aliphatic carboxylic acids is 1. The maximum atomic E-state index is 12.3. The fraction of sp³-hybridized carbons (Fsp3) is 0.429. The maximum Gasteiger partial charge on any atom is 0.303 e. The topological polar surface area (TPSA) is 158 Å². The Hall–Kier alpha value is -3.67. The van der Waals surface area contributed by atoms with Crippen molar-refractivity contribution >= 4 is 35.5 Å². The zero-order valence-corrected chi connectivity index (χ0v) is 23.1. The molecular formula is C28H30ClO11-. The van der Waals surface area contributed by atoms with Gasteiger partial charge in [0, 0.05) is 38.2 Å². The van der Waals surface area contributed by atoms with Crippen LogP contribution in [0.5, 0.6) is 5.75 Å². The summed E-state index contributed by atoms with van der Waals surface area (Å²) >= 11 is 6.48. The van der Waals surface area contributed by atoms with Gasteiger partial charge in [0.05, 0.1) is 6.61 Å². The van der Waals surface area contributed by atoms with Crippen LogP contribution in [0.25, 0.3) is 0 Å². The Morgan fingerprint density at radius 3 is 2.20 bits per heavy atom. The highest BCUT2D eigenvalue weighted by Gasteiger charge is 2.62. The lowest BCUT2D eigenvalue weighted by Gasteiger charge is -2.51. The summed E-state index contributed by atoms with van der Waals surface area (Å²) in [7, 11) is 0. The van der Waals surface area contributed by atoms with E-state index in [2.05, 4.69) is 0 Å². The maximum absolute atomic E-state index is 12.3. The zero-order valence-electron chi connectivity index (χ0n) is 22.4. The van der Waals surface area contributed by atoms with E-state index >= 15 is 0 Å². The lowest BCUT2D eigenvalue weighted by atomic mass is 9.77. The number of carboxylic acids is 1. The van der Waals surface area contributed by atoms with E-state index in [1.54, 1.807) is 6.07 Å². The number of hydrogen-bond acceptors (Lipinski definition) is 11. The summed E-state index contributed by atoms with van der Waals surface area (Å²) in [5.74, 6) is -3.75. The van der Waals surface area contributed by atoms with Gasteiger partial charge in [-0.15, -0.1) is 0 Å². The molecule has 40 heavy (non-hydrogen) atoms. The van der Waals surface area contributed by atoms with E-state index in [4.69, 9.17) is 35.3 Å². The molecule has 0 aromatic heterocycles. The third-order valence-electron chi connectivity index (χ3n) is 6.13. The molecule has 2 aromatic rings. The molecule has 0 saturated carbocycles. The summed E-state index contributed by atoms with van der Waals surface area (Å²) < 4.78 is 27.3. The molecule has 1 N–H and O–H groups in total. The molecule has 0 bridgehead atoms. The van der Waals surface area contributed by atoms with Crippen molar-refractivity contribution < 1.29 is 53.1 Å². The number of esters is 3. The Bertz CT molecular complexity index is 1230. The third-order valence-corrected chi connectivity index (χ3v) is 6.50. The van der Waals surface area contributed by atoms with Crippen LogP contribution in [0.1, 0.15) is 56.9 Å². The number of carbonyl (C=O) groups excluding carboxylic acids is 4. The fourth-order valence-electron chi connectivity index (χ4n) is 4.74. The van der Waals surface area contributed by atoms with Gasteiger partial charge in [0.2, 0.25) is 0 Å². The number of carbonyl (C=O) groups is 4. The molecule has 1 saturated heterocycles. The normalized spacial score (nSPS) is 24.1. The summed E-state index contributed by atoms with van der Waals surface area (Å²) in [5.41, 5.74) is -0.594. The SMILES string of the molecule is CCOc1ccc(Cc2cc([C@@H]3OC(O)[C@@H](OC(C)=O)[C@H](OC(C)=O)[C@@]3(CC(=O)[O-])OC(C)=O)ccc2Cl)cc1. The molecule has 1 fully saturated rings. The number of hydrogen-bond donors (Lipinski definition) is 1. The van der Waals surface area contributed by atoms with E-state index in [-0.39, 0.29) is 5.56 Å². The number of rotatable bonds is 10. The lowest BCUT2D eigenvalue weighted by molar-refractivity contribution is -0.341. The number of aliphatic hydroxyl groups excluding tert-OH is 1. The predicted octanol–water partition coefficient (Wildman–Crippen LogP) is 2.02. The predicted molar refractivity (Wildman–Crippen MR) is 137 cm³/mol. The standard InChI is InChI=1S/C28H31ClO11/c1-5-36-21-9-6-18(7-10-21)12-20-13-19(8-11-22(20)29)25-28(14-23(33)34,40-17(4)32)26(38-16(3)31)24(27(35)39-25)37-15(2)30/h6-11,13,24-27,35H,5,12,14H2,1-4H3,(H,33,34)/p-1/t24-,25-,26-,27?,28-/m0/s1. The molecule has 1 heterocycles. The molecule has 1 aliphatic rings.